The van der Waals surface area contributed by atoms with E-state index in [1.54, 1.807) is 7.11 Å². The molecule has 0 spiro atoms. The number of ether oxygens (including phenoxy) is 1. The van der Waals surface area contributed by atoms with E-state index in [1.165, 1.54) is 21.5 Å². The van der Waals surface area contributed by atoms with Crippen LogP contribution in [-0.4, -0.2) is 13.8 Å². The van der Waals surface area contributed by atoms with Gasteiger partial charge in [-0.25, -0.2) is 0 Å². The molecule has 1 nitrogen and oxygen atoms in total. The third-order valence-corrected chi connectivity index (χ3v) is 8.38. The summed E-state index contributed by atoms with van der Waals surface area (Å²) in [6.07, 6.45) is 0. The van der Waals surface area contributed by atoms with Gasteiger partial charge in [0.15, 0.2) is 0 Å². The first-order chi connectivity index (χ1) is 11.3. The molecule has 116 valence electrons. The molecule has 0 fully saturated rings. The third-order valence-electron chi connectivity index (χ3n) is 4.32. The van der Waals surface area contributed by atoms with E-state index < -0.39 is 7.26 Å². The zero-order valence-electron chi connectivity index (χ0n) is 13.6. The van der Waals surface area contributed by atoms with Crippen molar-refractivity contribution in [1.29, 1.82) is 0 Å². The molecule has 0 saturated carbocycles. The van der Waals surface area contributed by atoms with Crippen LogP contribution in [0.2, 0.25) is 0 Å². The van der Waals surface area contributed by atoms with Crippen molar-refractivity contribution in [3.63, 3.8) is 0 Å². The van der Waals surface area contributed by atoms with Gasteiger partial charge < -0.3 is 4.74 Å². The Kier molecular flexibility index (Phi) is 4.91. The van der Waals surface area contributed by atoms with Crippen molar-refractivity contribution >= 4 is 23.2 Å². The normalized spacial score (nSPS) is 11.4. The lowest BCUT2D eigenvalue weighted by Crippen LogP contribution is -2.32. The van der Waals surface area contributed by atoms with Crippen LogP contribution in [0.4, 0.5) is 0 Å². The first kappa shape index (κ1) is 15.9. The monoisotopic (exact) mass is 321 g/mol. The molecular weight excluding hydrogens is 299 g/mol. The molecule has 0 unspecified atom stereocenters. The highest BCUT2D eigenvalue weighted by molar-refractivity contribution is 7.95. The van der Waals surface area contributed by atoms with E-state index >= 15 is 0 Å². The van der Waals surface area contributed by atoms with Crippen molar-refractivity contribution in [2.75, 3.05) is 13.8 Å². The molecule has 3 aromatic rings. The predicted molar refractivity (Wildman–Crippen MR) is 102 cm³/mol. The topological polar surface area (TPSA) is 9.23 Å². The number of hydrogen-bond donors (Lipinski definition) is 0. The van der Waals surface area contributed by atoms with Crippen molar-refractivity contribution in [1.82, 2.24) is 0 Å². The second kappa shape index (κ2) is 7.08. The Balaban J connectivity index is 2.26. The Hall–Kier alpha value is -1.95. The SMILES string of the molecule is COCc1ccccc1[P+](C)(c1ccccc1)c1ccccc1. The maximum Gasteiger partial charge on any atom is 0.110 e. The third kappa shape index (κ3) is 3.08. The van der Waals surface area contributed by atoms with Crippen LogP contribution in [0.25, 0.3) is 0 Å². The fourth-order valence-electron chi connectivity index (χ4n) is 3.10. The van der Waals surface area contributed by atoms with Crippen LogP contribution in [0.5, 0.6) is 0 Å². The van der Waals surface area contributed by atoms with Crippen LogP contribution in [0.1, 0.15) is 5.56 Å². The van der Waals surface area contributed by atoms with E-state index in [4.69, 9.17) is 4.74 Å². The Morgan fingerprint density at radius 3 is 1.70 bits per heavy atom. The largest absolute Gasteiger partial charge is 0.380 e. The molecule has 0 atom stereocenters. The van der Waals surface area contributed by atoms with Gasteiger partial charge in [-0.15, -0.1) is 0 Å². The smallest absolute Gasteiger partial charge is 0.110 e. The minimum absolute atomic E-state index is 0.644. The summed E-state index contributed by atoms with van der Waals surface area (Å²) < 4.78 is 5.45. The molecule has 2 heteroatoms. The minimum atomic E-state index is -1.67. The van der Waals surface area contributed by atoms with Gasteiger partial charge >= 0.3 is 0 Å². The summed E-state index contributed by atoms with van der Waals surface area (Å²) >= 11 is 0. The highest BCUT2D eigenvalue weighted by Gasteiger charge is 2.41. The van der Waals surface area contributed by atoms with Crippen LogP contribution in [-0.2, 0) is 11.3 Å². The molecule has 0 aliphatic rings. The summed E-state index contributed by atoms with van der Waals surface area (Å²) in [5.74, 6) is 0. The molecule has 3 rings (SSSR count). The van der Waals surface area contributed by atoms with Crippen molar-refractivity contribution in [2.24, 2.45) is 0 Å². The summed E-state index contributed by atoms with van der Waals surface area (Å²) in [5.41, 5.74) is 1.28. The van der Waals surface area contributed by atoms with Gasteiger partial charge in [0.25, 0.3) is 0 Å². The average Bonchev–Trinajstić information content (AvgIpc) is 2.63. The molecule has 0 aromatic heterocycles. The van der Waals surface area contributed by atoms with E-state index in [-0.39, 0.29) is 0 Å². The number of hydrogen-bond acceptors (Lipinski definition) is 1. The van der Waals surface area contributed by atoms with Crippen molar-refractivity contribution in [2.45, 2.75) is 6.61 Å². The van der Waals surface area contributed by atoms with Gasteiger partial charge in [-0.3, -0.25) is 0 Å². The Bertz CT molecular complexity index is 714. The Morgan fingerprint density at radius 1 is 0.696 bits per heavy atom. The maximum atomic E-state index is 5.45. The molecule has 0 N–H and O–H groups in total. The van der Waals surface area contributed by atoms with Crippen LogP contribution in [0.15, 0.2) is 84.9 Å². The van der Waals surface area contributed by atoms with Crippen LogP contribution < -0.4 is 15.9 Å². The second-order valence-electron chi connectivity index (χ2n) is 5.74. The van der Waals surface area contributed by atoms with Gasteiger partial charge in [0, 0.05) is 12.7 Å². The van der Waals surface area contributed by atoms with Gasteiger partial charge in [0.05, 0.1) is 13.3 Å². The molecule has 0 heterocycles. The van der Waals surface area contributed by atoms with E-state index in [2.05, 4.69) is 91.6 Å². The van der Waals surface area contributed by atoms with E-state index in [1.807, 2.05) is 0 Å². The summed E-state index contributed by atoms with van der Waals surface area (Å²) in [6.45, 7) is 3.05. The summed E-state index contributed by atoms with van der Waals surface area (Å²) in [7, 11) is 0.0877. The molecule has 0 aliphatic carbocycles. The van der Waals surface area contributed by atoms with Crippen molar-refractivity contribution in [3.8, 4) is 0 Å². The molecule has 0 aliphatic heterocycles. The zero-order valence-corrected chi connectivity index (χ0v) is 14.5. The Labute approximate surface area is 139 Å². The van der Waals surface area contributed by atoms with E-state index in [0.29, 0.717) is 6.61 Å². The zero-order chi connectivity index (χ0) is 16.1. The number of rotatable bonds is 5. The molecule has 3 aromatic carbocycles. The van der Waals surface area contributed by atoms with Gasteiger partial charge in [0.1, 0.15) is 23.2 Å². The molecule has 0 radical (unpaired) electrons. The number of benzene rings is 3. The first-order valence-electron chi connectivity index (χ1n) is 7.82. The molecule has 0 amide bonds. The highest BCUT2D eigenvalue weighted by atomic mass is 31.2. The predicted octanol–water partition coefficient (Wildman–Crippen LogP) is 3.76. The fourth-order valence-corrected chi connectivity index (χ4v) is 6.59. The van der Waals surface area contributed by atoms with Crippen LogP contribution >= 0.6 is 7.26 Å². The van der Waals surface area contributed by atoms with Crippen molar-refractivity contribution < 1.29 is 4.74 Å². The fraction of sp³-hybridized carbons (Fsp3) is 0.143. The quantitative estimate of drug-likeness (QED) is 0.650. The van der Waals surface area contributed by atoms with Crippen LogP contribution in [0, 0.1) is 0 Å². The first-order valence-corrected chi connectivity index (χ1v) is 10.1. The molecule has 23 heavy (non-hydrogen) atoms. The second-order valence-corrected chi connectivity index (χ2v) is 9.27. The Morgan fingerprint density at radius 2 is 1.17 bits per heavy atom. The average molecular weight is 321 g/mol. The lowest BCUT2D eigenvalue weighted by molar-refractivity contribution is 0.185. The summed E-state index contributed by atoms with van der Waals surface area (Å²) in [4.78, 5) is 0. The van der Waals surface area contributed by atoms with Crippen LogP contribution in [0.3, 0.4) is 0 Å². The molecular formula is C21H22OP+. The summed E-state index contributed by atoms with van der Waals surface area (Å²) in [5, 5.41) is 4.20. The standard InChI is InChI=1S/C21H22OP/c1-22-17-18-11-9-10-16-21(18)23(2,19-12-5-3-6-13-19)20-14-7-4-8-15-20/h3-16H,17H2,1-2H3/q+1. The van der Waals surface area contributed by atoms with E-state index in [0.717, 1.165) is 0 Å². The molecule has 0 bridgehead atoms. The van der Waals surface area contributed by atoms with Gasteiger partial charge in [-0.2, -0.15) is 0 Å². The molecule has 0 saturated heterocycles. The summed E-state index contributed by atoms with van der Waals surface area (Å²) in [6, 6.07) is 30.4. The van der Waals surface area contributed by atoms with E-state index in [9.17, 15) is 0 Å². The van der Waals surface area contributed by atoms with Gasteiger partial charge in [0.2, 0.25) is 0 Å². The lowest BCUT2D eigenvalue weighted by Gasteiger charge is -2.25. The maximum absolute atomic E-state index is 5.45. The lowest BCUT2D eigenvalue weighted by atomic mass is 10.2. The van der Waals surface area contributed by atoms with Gasteiger partial charge in [-0.1, -0.05) is 54.6 Å². The van der Waals surface area contributed by atoms with Crippen molar-refractivity contribution in [3.05, 3.63) is 90.5 Å². The minimum Gasteiger partial charge on any atom is -0.380 e. The van der Waals surface area contributed by atoms with Gasteiger partial charge in [-0.05, 0) is 30.3 Å². The highest BCUT2D eigenvalue weighted by Crippen LogP contribution is 2.52. The number of methoxy groups -OCH3 is 1.